The number of nitrogens with zero attached hydrogens (tertiary/aromatic N) is 1. The van der Waals surface area contributed by atoms with Crippen molar-refractivity contribution >= 4 is 22.8 Å². The van der Waals surface area contributed by atoms with Crippen LogP contribution < -0.4 is 11.1 Å². The van der Waals surface area contributed by atoms with E-state index >= 15 is 0 Å². The van der Waals surface area contributed by atoms with Crippen LogP contribution in [0.15, 0.2) is 23.7 Å². The molecule has 0 aliphatic carbocycles. The Bertz CT molecular complexity index is 505. The summed E-state index contributed by atoms with van der Waals surface area (Å²) < 4.78 is 0. The highest BCUT2D eigenvalue weighted by molar-refractivity contribution is 7.10. The number of thiophene rings is 1. The Morgan fingerprint density at radius 2 is 2.18 bits per heavy atom. The number of nitrogens with one attached hydrogen (secondary N) is 1. The number of anilines is 2. The van der Waals surface area contributed by atoms with E-state index in [1.807, 2.05) is 24.3 Å². The van der Waals surface area contributed by atoms with E-state index in [4.69, 9.17) is 5.73 Å². The molecule has 0 aliphatic rings. The minimum atomic E-state index is 0.740. The zero-order valence-corrected chi connectivity index (χ0v) is 11.0. The Kier molecular flexibility index (Phi) is 3.64. The van der Waals surface area contributed by atoms with Crippen molar-refractivity contribution in [3.63, 3.8) is 0 Å². The van der Waals surface area contributed by atoms with Gasteiger partial charge >= 0.3 is 0 Å². The predicted molar refractivity (Wildman–Crippen MR) is 74.6 cm³/mol. The summed E-state index contributed by atoms with van der Waals surface area (Å²) in [5.41, 5.74) is 8.90. The van der Waals surface area contributed by atoms with Crippen LogP contribution >= 0.6 is 11.3 Å². The first kappa shape index (κ1) is 11.9. The number of aromatic nitrogens is 1. The molecule has 0 radical (unpaired) electrons. The van der Waals surface area contributed by atoms with Crippen LogP contribution in [-0.2, 0) is 6.42 Å². The van der Waals surface area contributed by atoms with Crippen molar-refractivity contribution < 1.29 is 0 Å². The lowest BCUT2D eigenvalue weighted by Crippen LogP contribution is -2.06. The van der Waals surface area contributed by atoms with Gasteiger partial charge in [-0.25, -0.2) is 4.98 Å². The van der Waals surface area contributed by atoms with Gasteiger partial charge in [0.1, 0.15) is 5.82 Å². The Morgan fingerprint density at radius 3 is 2.82 bits per heavy atom. The molecule has 0 atom stereocenters. The van der Waals surface area contributed by atoms with E-state index in [-0.39, 0.29) is 0 Å². The van der Waals surface area contributed by atoms with Crippen molar-refractivity contribution in [2.75, 3.05) is 17.6 Å². The summed E-state index contributed by atoms with van der Waals surface area (Å²) in [6, 6.07) is 4.14. The minimum Gasteiger partial charge on any atom is -0.397 e. The SMILES string of the molecule is Cc1cc(NCCc2sccc2C)ncc1N. The molecule has 4 heteroatoms. The van der Waals surface area contributed by atoms with Crippen LogP contribution in [0.5, 0.6) is 0 Å². The Labute approximate surface area is 106 Å². The Balaban J connectivity index is 1.90. The first-order valence-corrected chi connectivity index (χ1v) is 6.54. The van der Waals surface area contributed by atoms with Crippen molar-refractivity contribution in [2.24, 2.45) is 0 Å². The van der Waals surface area contributed by atoms with E-state index in [9.17, 15) is 0 Å². The predicted octanol–water partition coefficient (Wildman–Crippen LogP) is 3.00. The number of hydrogen-bond donors (Lipinski definition) is 2. The minimum absolute atomic E-state index is 0.740. The van der Waals surface area contributed by atoms with Gasteiger partial charge in [-0.15, -0.1) is 11.3 Å². The summed E-state index contributed by atoms with van der Waals surface area (Å²) in [6.07, 6.45) is 2.74. The van der Waals surface area contributed by atoms with Crippen molar-refractivity contribution in [1.29, 1.82) is 0 Å². The lowest BCUT2D eigenvalue weighted by molar-refractivity contribution is 1.02. The summed E-state index contributed by atoms with van der Waals surface area (Å²) in [5.74, 6) is 0.894. The van der Waals surface area contributed by atoms with Gasteiger partial charge in [0.15, 0.2) is 0 Å². The van der Waals surface area contributed by atoms with Crippen molar-refractivity contribution in [3.8, 4) is 0 Å². The number of nitrogen functional groups attached to an aromatic ring is 1. The van der Waals surface area contributed by atoms with Gasteiger partial charge in [0, 0.05) is 11.4 Å². The van der Waals surface area contributed by atoms with Crippen LogP contribution in [0.3, 0.4) is 0 Å². The molecule has 2 aromatic heterocycles. The largest absolute Gasteiger partial charge is 0.397 e. The van der Waals surface area contributed by atoms with Gasteiger partial charge in [-0.2, -0.15) is 0 Å². The molecule has 0 saturated carbocycles. The number of pyridine rings is 1. The van der Waals surface area contributed by atoms with E-state index < -0.39 is 0 Å². The Morgan fingerprint density at radius 1 is 1.35 bits per heavy atom. The second-order valence-electron chi connectivity index (χ2n) is 4.13. The number of rotatable bonds is 4. The van der Waals surface area contributed by atoms with E-state index in [1.54, 1.807) is 6.20 Å². The second-order valence-corrected chi connectivity index (χ2v) is 5.13. The van der Waals surface area contributed by atoms with Gasteiger partial charge in [-0.1, -0.05) is 0 Å². The van der Waals surface area contributed by atoms with E-state index in [1.165, 1.54) is 10.4 Å². The molecule has 0 bridgehead atoms. The molecule has 0 spiro atoms. The van der Waals surface area contributed by atoms with Crippen LogP contribution in [0.1, 0.15) is 16.0 Å². The van der Waals surface area contributed by atoms with Gasteiger partial charge in [0.25, 0.3) is 0 Å². The first-order valence-electron chi connectivity index (χ1n) is 5.66. The van der Waals surface area contributed by atoms with Crippen molar-refractivity contribution in [3.05, 3.63) is 39.7 Å². The molecule has 2 heterocycles. The summed E-state index contributed by atoms with van der Waals surface area (Å²) >= 11 is 1.81. The number of aryl methyl sites for hydroxylation is 2. The zero-order valence-electron chi connectivity index (χ0n) is 10.2. The molecule has 3 N–H and O–H groups in total. The topological polar surface area (TPSA) is 50.9 Å². The summed E-state index contributed by atoms with van der Waals surface area (Å²) in [4.78, 5) is 5.68. The highest BCUT2D eigenvalue weighted by Gasteiger charge is 2.01. The molecule has 3 nitrogen and oxygen atoms in total. The second kappa shape index (κ2) is 5.19. The molecular formula is C13H17N3S. The van der Waals surface area contributed by atoms with Gasteiger partial charge in [0.2, 0.25) is 0 Å². The molecule has 17 heavy (non-hydrogen) atoms. The van der Waals surface area contributed by atoms with Gasteiger partial charge in [-0.05, 0) is 48.9 Å². The summed E-state index contributed by atoms with van der Waals surface area (Å²) in [5, 5.41) is 5.45. The maximum Gasteiger partial charge on any atom is 0.126 e. The quantitative estimate of drug-likeness (QED) is 0.873. The maximum atomic E-state index is 5.73. The number of nitrogens with two attached hydrogens (primary N) is 1. The zero-order chi connectivity index (χ0) is 12.3. The molecule has 0 fully saturated rings. The summed E-state index contributed by atoms with van der Waals surface area (Å²) in [7, 11) is 0. The third-order valence-electron chi connectivity index (χ3n) is 2.78. The molecule has 2 aromatic rings. The van der Waals surface area contributed by atoms with Crippen molar-refractivity contribution in [2.45, 2.75) is 20.3 Å². The third kappa shape index (κ3) is 2.97. The molecule has 0 aromatic carbocycles. The van der Waals surface area contributed by atoms with Crippen LogP contribution in [-0.4, -0.2) is 11.5 Å². The number of hydrogen-bond acceptors (Lipinski definition) is 4. The lowest BCUT2D eigenvalue weighted by Gasteiger charge is -2.07. The fourth-order valence-electron chi connectivity index (χ4n) is 1.63. The molecule has 0 amide bonds. The molecule has 0 saturated heterocycles. The average Bonchev–Trinajstić information content (AvgIpc) is 2.70. The average molecular weight is 247 g/mol. The molecule has 0 aliphatic heterocycles. The lowest BCUT2D eigenvalue weighted by atomic mass is 10.2. The summed E-state index contributed by atoms with van der Waals surface area (Å²) in [6.45, 7) is 5.04. The van der Waals surface area contributed by atoms with Crippen LogP contribution in [0.2, 0.25) is 0 Å². The molecular weight excluding hydrogens is 230 g/mol. The molecule has 90 valence electrons. The highest BCUT2D eigenvalue weighted by Crippen LogP contribution is 2.17. The fraction of sp³-hybridized carbons (Fsp3) is 0.308. The standard InChI is InChI=1S/C13H17N3S/c1-9-4-6-17-12(9)3-5-15-13-7-10(2)11(14)8-16-13/h4,6-8H,3,5,14H2,1-2H3,(H,15,16). The maximum absolute atomic E-state index is 5.73. The van der Waals surface area contributed by atoms with Gasteiger partial charge in [-0.3, -0.25) is 0 Å². The third-order valence-corrected chi connectivity index (χ3v) is 3.86. The van der Waals surface area contributed by atoms with E-state index in [0.717, 1.165) is 30.0 Å². The van der Waals surface area contributed by atoms with Crippen LogP contribution in [0.25, 0.3) is 0 Å². The van der Waals surface area contributed by atoms with Gasteiger partial charge < -0.3 is 11.1 Å². The smallest absolute Gasteiger partial charge is 0.126 e. The normalized spacial score (nSPS) is 10.5. The highest BCUT2D eigenvalue weighted by atomic mass is 32.1. The van der Waals surface area contributed by atoms with Gasteiger partial charge in [0.05, 0.1) is 11.9 Å². The van der Waals surface area contributed by atoms with Crippen molar-refractivity contribution in [1.82, 2.24) is 4.98 Å². The van der Waals surface area contributed by atoms with Crippen LogP contribution in [0, 0.1) is 13.8 Å². The molecule has 0 unspecified atom stereocenters. The molecule has 2 rings (SSSR count). The van der Waals surface area contributed by atoms with E-state index in [2.05, 4.69) is 28.7 Å². The first-order chi connectivity index (χ1) is 8.16. The van der Waals surface area contributed by atoms with Crippen LogP contribution in [0.4, 0.5) is 11.5 Å². The Hall–Kier alpha value is -1.55. The van der Waals surface area contributed by atoms with E-state index in [0.29, 0.717) is 0 Å². The fourth-order valence-corrected chi connectivity index (χ4v) is 2.54. The monoisotopic (exact) mass is 247 g/mol.